The maximum absolute atomic E-state index is 12.7. The van der Waals surface area contributed by atoms with E-state index in [0.717, 1.165) is 6.07 Å². The highest BCUT2D eigenvalue weighted by Gasteiger charge is 2.34. The van der Waals surface area contributed by atoms with Crippen LogP contribution in [-0.2, 0) is 6.18 Å². The molecule has 0 aromatic heterocycles. The summed E-state index contributed by atoms with van der Waals surface area (Å²) >= 11 is 2.97. The molecule has 110 valence electrons. The van der Waals surface area contributed by atoms with Crippen LogP contribution in [-0.4, -0.2) is 30.6 Å². The molecule has 0 bridgehead atoms. The van der Waals surface area contributed by atoms with Crippen LogP contribution in [0.15, 0.2) is 16.6 Å². The van der Waals surface area contributed by atoms with Gasteiger partial charge in [0.05, 0.1) is 17.4 Å². The largest absolute Gasteiger partial charge is 0.418 e. The fourth-order valence-electron chi connectivity index (χ4n) is 1.52. The molecule has 0 heterocycles. The summed E-state index contributed by atoms with van der Waals surface area (Å²) < 4.78 is 38.4. The molecule has 3 nitrogen and oxygen atoms in total. The Hall–Kier alpha value is -0.860. The van der Waals surface area contributed by atoms with E-state index >= 15 is 0 Å². The Balaban J connectivity index is 0.00000324. The summed E-state index contributed by atoms with van der Waals surface area (Å²) in [6.45, 7) is 0.230. The molecule has 1 atom stereocenters. The van der Waals surface area contributed by atoms with Gasteiger partial charge in [0.2, 0.25) is 0 Å². The van der Waals surface area contributed by atoms with Gasteiger partial charge in [-0.05, 0) is 47.7 Å². The molecule has 1 aromatic rings. The first kappa shape index (κ1) is 18.1. The normalized spacial score (nSPS) is 13.3. The number of benzene rings is 1. The SMILES string of the molecule is CN(C)CC(O)c1cc(Br)c(N)c(C(F)(F)F)c1.F. The van der Waals surface area contributed by atoms with Gasteiger partial charge in [-0.1, -0.05) is 0 Å². The first-order valence-corrected chi connectivity index (χ1v) is 5.91. The fraction of sp³-hybridized carbons (Fsp3) is 0.455. The van der Waals surface area contributed by atoms with E-state index in [1.807, 2.05) is 0 Å². The molecular formula is C11H15BrF4N2O. The monoisotopic (exact) mass is 346 g/mol. The molecule has 0 aliphatic carbocycles. The fourth-order valence-corrected chi connectivity index (χ4v) is 1.99. The molecule has 8 heteroatoms. The molecule has 0 aliphatic heterocycles. The zero-order valence-corrected chi connectivity index (χ0v) is 11.9. The number of hydrogen-bond acceptors (Lipinski definition) is 3. The summed E-state index contributed by atoms with van der Waals surface area (Å²) in [5.74, 6) is 0. The van der Waals surface area contributed by atoms with Crippen LogP contribution >= 0.6 is 15.9 Å². The maximum Gasteiger partial charge on any atom is 0.418 e. The predicted octanol–water partition coefficient (Wildman–Crippen LogP) is 2.80. The quantitative estimate of drug-likeness (QED) is 0.653. The number of likely N-dealkylation sites (N-methyl/N-ethyl adjacent to an activating group) is 1. The van der Waals surface area contributed by atoms with Crippen molar-refractivity contribution in [3.63, 3.8) is 0 Å². The maximum atomic E-state index is 12.7. The van der Waals surface area contributed by atoms with Crippen molar-refractivity contribution in [2.24, 2.45) is 0 Å². The minimum Gasteiger partial charge on any atom is -0.397 e. The molecule has 19 heavy (non-hydrogen) atoms. The van der Waals surface area contributed by atoms with Crippen LogP contribution in [0.2, 0.25) is 0 Å². The number of nitrogen functional groups attached to an aromatic ring is 1. The van der Waals surface area contributed by atoms with Crippen molar-refractivity contribution in [3.8, 4) is 0 Å². The van der Waals surface area contributed by atoms with Gasteiger partial charge in [0.1, 0.15) is 0 Å². The summed E-state index contributed by atoms with van der Waals surface area (Å²) in [5.41, 5.74) is 4.25. The Labute approximate surface area is 116 Å². The second kappa shape index (κ2) is 6.53. The molecule has 0 saturated carbocycles. The molecule has 1 rings (SSSR count). The van der Waals surface area contributed by atoms with E-state index in [9.17, 15) is 18.3 Å². The lowest BCUT2D eigenvalue weighted by Crippen LogP contribution is -2.21. The number of aliphatic hydroxyl groups excluding tert-OH is 1. The lowest BCUT2D eigenvalue weighted by atomic mass is 10.0. The number of hydrogen-bond donors (Lipinski definition) is 2. The average molecular weight is 347 g/mol. The Kier molecular flexibility index (Phi) is 6.24. The van der Waals surface area contributed by atoms with E-state index in [-0.39, 0.29) is 27.0 Å². The van der Waals surface area contributed by atoms with Gasteiger partial charge < -0.3 is 15.7 Å². The van der Waals surface area contributed by atoms with Gasteiger partial charge in [0.15, 0.2) is 0 Å². The lowest BCUT2D eigenvalue weighted by Gasteiger charge is -2.19. The van der Waals surface area contributed by atoms with Gasteiger partial charge in [0.25, 0.3) is 0 Å². The van der Waals surface area contributed by atoms with Crippen molar-refractivity contribution in [3.05, 3.63) is 27.7 Å². The molecule has 0 fully saturated rings. The number of nitrogens with zero attached hydrogens (tertiary/aromatic N) is 1. The van der Waals surface area contributed by atoms with E-state index in [0.29, 0.717) is 0 Å². The lowest BCUT2D eigenvalue weighted by molar-refractivity contribution is -0.137. The molecular weight excluding hydrogens is 332 g/mol. The zero-order chi connectivity index (χ0) is 14.1. The van der Waals surface area contributed by atoms with Crippen LogP contribution in [0.4, 0.5) is 23.6 Å². The van der Waals surface area contributed by atoms with Crippen LogP contribution < -0.4 is 5.73 Å². The highest BCUT2D eigenvalue weighted by atomic mass is 79.9. The van der Waals surface area contributed by atoms with Crippen molar-refractivity contribution in [1.29, 1.82) is 0 Å². The highest BCUT2D eigenvalue weighted by Crippen LogP contribution is 2.39. The Bertz CT molecular complexity index is 437. The van der Waals surface area contributed by atoms with Crippen LogP contribution in [0.1, 0.15) is 17.2 Å². The van der Waals surface area contributed by atoms with Crippen molar-refractivity contribution >= 4 is 21.6 Å². The van der Waals surface area contributed by atoms with Crippen LogP contribution in [0.25, 0.3) is 0 Å². The van der Waals surface area contributed by atoms with Gasteiger partial charge in [-0.2, -0.15) is 13.2 Å². The van der Waals surface area contributed by atoms with E-state index < -0.39 is 17.8 Å². The summed E-state index contributed by atoms with van der Waals surface area (Å²) in [6.07, 6.45) is -5.54. The third-order valence-electron chi connectivity index (χ3n) is 2.38. The van der Waals surface area contributed by atoms with Gasteiger partial charge in [0, 0.05) is 11.0 Å². The molecule has 1 aromatic carbocycles. The second-order valence-electron chi connectivity index (χ2n) is 4.24. The van der Waals surface area contributed by atoms with E-state index in [4.69, 9.17) is 5.73 Å². The van der Waals surface area contributed by atoms with Crippen LogP contribution in [0.3, 0.4) is 0 Å². The van der Waals surface area contributed by atoms with Gasteiger partial charge in [-0.25, -0.2) is 0 Å². The van der Waals surface area contributed by atoms with Crippen LogP contribution in [0, 0.1) is 0 Å². The molecule has 1 unspecified atom stereocenters. The third kappa shape index (κ3) is 4.63. The Morgan fingerprint density at radius 1 is 1.37 bits per heavy atom. The minimum absolute atomic E-state index is 0. The first-order chi connectivity index (χ1) is 8.12. The van der Waals surface area contributed by atoms with E-state index in [2.05, 4.69) is 15.9 Å². The molecule has 0 aliphatic rings. The number of nitrogens with two attached hydrogens (primary N) is 1. The Morgan fingerprint density at radius 3 is 2.32 bits per heavy atom. The number of anilines is 1. The van der Waals surface area contributed by atoms with Crippen molar-refractivity contribution in [2.45, 2.75) is 12.3 Å². The van der Waals surface area contributed by atoms with Gasteiger partial charge >= 0.3 is 6.18 Å². The third-order valence-corrected chi connectivity index (χ3v) is 3.04. The smallest absolute Gasteiger partial charge is 0.397 e. The average Bonchev–Trinajstić information content (AvgIpc) is 2.18. The second-order valence-corrected chi connectivity index (χ2v) is 5.09. The summed E-state index contributed by atoms with van der Waals surface area (Å²) in [6, 6.07) is 2.28. The van der Waals surface area contributed by atoms with E-state index in [1.54, 1.807) is 19.0 Å². The summed E-state index contributed by atoms with van der Waals surface area (Å²) in [4.78, 5) is 1.68. The summed E-state index contributed by atoms with van der Waals surface area (Å²) in [7, 11) is 3.44. The van der Waals surface area contributed by atoms with Gasteiger partial charge in [-0.3, -0.25) is 4.70 Å². The molecule has 0 saturated heterocycles. The predicted molar refractivity (Wildman–Crippen MR) is 69.6 cm³/mol. The number of aliphatic hydroxyl groups is 1. The first-order valence-electron chi connectivity index (χ1n) is 5.12. The Morgan fingerprint density at radius 2 is 1.89 bits per heavy atom. The molecule has 0 radical (unpaired) electrons. The van der Waals surface area contributed by atoms with Crippen molar-refractivity contribution in [2.75, 3.05) is 26.4 Å². The standard InChI is InChI=1S/C11H14BrF3N2O.FH/c1-17(2)5-9(18)6-3-7(11(13,14)15)10(16)8(12)4-6;/h3-4,9,18H,5,16H2,1-2H3;1H. The molecule has 0 spiro atoms. The van der Waals surface area contributed by atoms with Crippen molar-refractivity contribution < 1.29 is 23.0 Å². The minimum atomic E-state index is -4.54. The van der Waals surface area contributed by atoms with Gasteiger partial charge in [-0.15, -0.1) is 0 Å². The molecule has 3 N–H and O–H groups in total. The van der Waals surface area contributed by atoms with Crippen molar-refractivity contribution in [1.82, 2.24) is 4.90 Å². The van der Waals surface area contributed by atoms with E-state index in [1.165, 1.54) is 6.07 Å². The van der Waals surface area contributed by atoms with Crippen LogP contribution in [0.5, 0.6) is 0 Å². The topological polar surface area (TPSA) is 49.5 Å². The zero-order valence-electron chi connectivity index (χ0n) is 10.3. The number of alkyl halides is 3. The highest BCUT2D eigenvalue weighted by molar-refractivity contribution is 9.10. The summed E-state index contributed by atoms with van der Waals surface area (Å²) in [5, 5.41) is 9.83. The molecule has 0 amide bonds. The number of rotatable bonds is 3. The number of halogens is 5.